The molecule has 20 heavy (non-hydrogen) atoms. The van der Waals surface area contributed by atoms with Gasteiger partial charge in [-0.05, 0) is 18.4 Å². The molecule has 2 aromatic rings. The van der Waals surface area contributed by atoms with Crippen LogP contribution in [0.5, 0.6) is 0 Å². The minimum Gasteiger partial charge on any atom is -0.320 e. The number of carbonyl (C=O) groups excluding carboxylic acids is 1. The highest BCUT2D eigenvalue weighted by Gasteiger charge is 2.42. The predicted octanol–water partition coefficient (Wildman–Crippen LogP) is 2.87. The number of amides is 1. The Morgan fingerprint density at radius 3 is 2.55 bits per heavy atom. The zero-order valence-electron chi connectivity index (χ0n) is 11.7. The largest absolute Gasteiger partial charge is 0.320 e. The first-order chi connectivity index (χ1) is 9.72. The lowest BCUT2D eigenvalue weighted by atomic mass is 9.78. The number of imidazole rings is 1. The SMILES string of the molecule is Cn1ccnc1NC(=O)C1(c2ccccc2)CCCC1. The number of hydrogen-bond donors (Lipinski definition) is 1. The molecule has 1 aliphatic rings. The average Bonchev–Trinajstić information content (AvgIpc) is 3.11. The number of carbonyl (C=O) groups is 1. The average molecular weight is 269 g/mol. The highest BCUT2D eigenvalue weighted by molar-refractivity contribution is 5.98. The van der Waals surface area contributed by atoms with Crippen molar-refractivity contribution in [3.8, 4) is 0 Å². The van der Waals surface area contributed by atoms with E-state index >= 15 is 0 Å². The normalized spacial score (nSPS) is 17.1. The molecule has 104 valence electrons. The van der Waals surface area contributed by atoms with Crippen molar-refractivity contribution < 1.29 is 4.79 Å². The molecule has 1 saturated carbocycles. The highest BCUT2D eigenvalue weighted by atomic mass is 16.2. The third kappa shape index (κ3) is 2.11. The van der Waals surface area contributed by atoms with Crippen LogP contribution in [0.3, 0.4) is 0 Å². The number of nitrogens with one attached hydrogen (secondary N) is 1. The Morgan fingerprint density at radius 1 is 1.25 bits per heavy atom. The number of hydrogen-bond acceptors (Lipinski definition) is 2. The Balaban J connectivity index is 1.91. The molecular formula is C16H19N3O. The van der Waals surface area contributed by atoms with Crippen LogP contribution in [0, 0.1) is 0 Å². The van der Waals surface area contributed by atoms with E-state index in [-0.39, 0.29) is 5.91 Å². The third-order valence-corrected chi connectivity index (χ3v) is 4.26. The molecule has 4 nitrogen and oxygen atoms in total. The Labute approximate surface area is 118 Å². The van der Waals surface area contributed by atoms with Gasteiger partial charge in [-0.2, -0.15) is 0 Å². The van der Waals surface area contributed by atoms with Crippen LogP contribution < -0.4 is 5.32 Å². The molecule has 1 aromatic heterocycles. The molecule has 3 rings (SSSR count). The van der Waals surface area contributed by atoms with Crippen molar-refractivity contribution in [2.45, 2.75) is 31.1 Å². The molecule has 0 aliphatic heterocycles. The fraction of sp³-hybridized carbons (Fsp3) is 0.375. The van der Waals surface area contributed by atoms with E-state index in [1.165, 1.54) is 0 Å². The summed E-state index contributed by atoms with van der Waals surface area (Å²) in [6.45, 7) is 0. The van der Waals surface area contributed by atoms with Gasteiger partial charge in [0, 0.05) is 19.4 Å². The second-order valence-electron chi connectivity index (χ2n) is 5.47. The van der Waals surface area contributed by atoms with Gasteiger partial charge in [-0.25, -0.2) is 4.98 Å². The molecule has 1 N–H and O–H groups in total. The van der Waals surface area contributed by atoms with Crippen LogP contribution in [0.1, 0.15) is 31.2 Å². The molecule has 0 unspecified atom stereocenters. The molecule has 4 heteroatoms. The fourth-order valence-electron chi connectivity index (χ4n) is 3.09. The summed E-state index contributed by atoms with van der Waals surface area (Å²) in [7, 11) is 1.88. The van der Waals surface area contributed by atoms with E-state index in [1.54, 1.807) is 6.20 Å². The fourth-order valence-corrected chi connectivity index (χ4v) is 3.09. The summed E-state index contributed by atoms with van der Waals surface area (Å²) < 4.78 is 1.82. The molecule has 1 amide bonds. The number of aromatic nitrogens is 2. The second kappa shape index (κ2) is 5.12. The first kappa shape index (κ1) is 12.9. The summed E-state index contributed by atoms with van der Waals surface area (Å²) in [4.78, 5) is 17.0. The van der Waals surface area contributed by atoms with Crippen LogP contribution in [0.25, 0.3) is 0 Å². The van der Waals surface area contributed by atoms with E-state index in [0.717, 1.165) is 31.2 Å². The molecule has 0 bridgehead atoms. The van der Waals surface area contributed by atoms with Crippen molar-refractivity contribution in [3.05, 3.63) is 48.3 Å². The number of benzene rings is 1. The molecule has 1 aromatic carbocycles. The van der Waals surface area contributed by atoms with E-state index in [2.05, 4.69) is 22.4 Å². The molecule has 0 radical (unpaired) electrons. The van der Waals surface area contributed by atoms with Gasteiger partial charge in [-0.3, -0.25) is 10.1 Å². The summed E-state index contributed by atoms with van der Waals surface area (Å²) >= 11 is 0. The standard InChI is InChI=1S/C16H19N3O/c1-19-12-11-17-15(19)18-14(20)16(9-5-6-10-16)13-7-3-2-4-8-13/h2-4,7-8,11-12H,5-6,9-10H2,1H3,(H,17,18,20). The Hall–Kier alpha value is -2.10. The lowest BCUT2D eigenvalue weighted by Crippen LogP contribution is -2.38. The maximum atomic E-state index is 12.8. The Bertz CT molecular complexity index is 597. The molecule has 1 fully saturated rings. The van der Waals surface area contributed by atoms with E-state index in [9.17, 15) is 4.79 Å². The van der Waals surface area contributed by atoms with E-state index in [0.29, 0.717) is 5.95 Å². The van der Waals surface area contributed by atoms with E-state index in [1.807, 2.05) is 36.0 Å². The monoisotopic (exact) mass is 269 g/mol. The summed E-state index contributed by atoms with van der Waals surface area (Å²) in [6, 6.07) is 10.1. The van der Waals surface area contributed by atoms with Crippen LogP contribution in [0.2, 0.25) is 0 Å². The van der Waals surface area contributed by atoms with E-state index in [4.69, 9.17) is 0 Å². The lowest BCUT2D eigenvalue weighted by Gasteiger charge is -2.28. The minimum absolute atomic E-state index is 0.0653. The van der Waals surface area contributed by atoms with Crippen LogP contribution in [-0.4, -0.2) is 15.5 Å². The highest BCUT2D eigenvalue weighted by Crippen LogP contribution is 2.41. The molecule has 0 spiro atoms. The van der Waals surface area contributed by atoms with Gasteiger partial charge in [-0.1, -0.05) is 43.2 Å². The van der Waals surface area contributed by atoms with Crippen LogP contribution in [-0.2, 0) is 17.3 Å². The molecule has 1 heterocycles. The zero-order valence-corrected chi connectivity index (χ0v) is 11.7. The molecule has 0 atom stereocenters. The van der Waals surface area contributed by atoms with Gasteiger partial charge in [0.2, 0.25) is 11.9 Å². The lowest BCUT2D eigenvalue weighted by molar-refractivity contribution is -0.121. The van der Waals surface area contributed by atoms with Crippen molar-refractivity contribution in [1.82, 2.24) is 9.55 Å². The zero-order chi connectivity index (χ0) is 14.0. The first-order valence-corrected chi connectivity index (χ1v) is 7.07. The summed E-state index contributed by atoms with van der Waals surface area (Å²) in [5.74, 6) is 0.674. The molecule has 0 saturated heterocycles. The molecular weight excluding hydrogens is 250 g/mol. The quantitative estimate of drug-likeness (QED) is 0.931. The number of nitrogens with zero attached hydrogens (tertiary/aromatic N) is 2. The van der Waals surface area contributed by atoms with Crippen molar-refractivity contribution in [1.29, 1.82) is 0 Å². The Morgan fingerprint density at radius 2 is 1.95 bits per heavy atom. The van der Waals surface area contributed by atoms with Crippen LogP contribution >= 0.6 is 0 Å². The van der Waals surface area contributed by atoms with Gasteiger partial charge < -0.3 is 4.57 Å². The Kier molecular flexibility index (Phi) is 3.30. The van der Waals surface area contributed by atoms with Crippen LogP contribution in [0.4, 0.5) is 5.95 Å². The van der Waals surface area contributed by atoms with Gasteiger partial charge in [0.15, 0.2) is 0 Å². The summed E-state index contributed by atoms with van der Waals surface area (Å²) in [5, 5.41) is 2.98. The van der Waals surface area contributed by atoms with Crippen molar-refractivity contribution in [3.63, 3.8) is 0 Å². The second-order valence-corrected chi connectivity index (χ2v) is 5.47. The number of rotatable bonds is 3. The topological polar surface area (TPSA) is 46.9 Å². The van der Waals surface area contributed by atoms with Crippen LogP contribution in [0.15, 0.2) is 42.7 Å². The first-order valence-electron chi connectivity index (χ1n) is 7.07. The maximum Gasteiger partial charge on any atom is 0.237 e. The third-order valence-electron chi connectivity index (χ3n) is 4.26. The smallest absolute Gasteiger partial charge is 0.237 e. The molecule has 1 aliphatic carbocycles. The number of aryl methyl sites for hydroxylation is 1. The summed E-state index contributed by atoms with van der Waals surface area (Å²) in [5.41, 5.74) is 0.719. The number of anilines is 1. The van der Waals surface area contributed by atoms with Gasteiger partial charge in [0.25, 0.3) is 0 Å². The van der Waals surface area contributed by atoms with Gasteiger partial charge in [-0.15, -0.1) is 0 Å². The van der Waals surface area contributed by atoms with E-state index < -0.39 is 5.41 Å². The van der Waals surface area contributed by atoms with Crippen molar-refractivity contribution in [2.75, 3.05) is 5.32 Å². The minimum atomic E-state index is -0.396. The van der Waals surface area contributed by atoms with Crippen molar-refractivity contribution >= 4 is 11.9 Å². The van der Waals surface area contributed by atoms with Gasteiger partial charge in [0.05, 0.1) is 5.41 Å². The maximum absolute atomic E-state index is 12.8. The van der Waals surface area contributed by atoms with Gasteiger partial charge in [0.1, 0.15) is 0 Å². The van der Waals surface area contributed by atoms with Gasteiger partial charge >= 0.3 is 0 Å². The van der Waals surface area contributed by atoms with Crippen molar-refractivity contribution in [2.24, 2.45) is 7.05 Å². The predicted molar refractivity (Wildman–Crippen MR) is 78.4 cm³/mol. The summed E-state index contributed by atoms with van der Waals surface area (Å²) in [6.07, 6.45) is 7.55.